The average molecular weight is 462 g/mol. The lowest BCUT2D eigenvalue weighted by atomic mass is 9.43. The molecule has 0 unspecified atom stereocenters. The summed E-state index contributed by atoms with van der Waals surface area (Å²) < 4.78 is 12.1. The van der Waals surface area contributed by atoms with Gasteiger partial charge in [-0.15, -0.1) is 0 Å². The van der Waals surface area contributed by atoms with Crippen LogP contribution in [0, 0.1) is 40.4 Å². The molecule has 0 spiro atoms. The monoisotopic (exact) mass is 461 g/mol. The van der Waals surface area contributed by atoms with E-state index in [-0.39, 0.29) is 47.1 Å². The van der Waals surface area contributed by atoms with Crippen LogP contribution in [-0.4, -0.2) is 42.0 Å². The molecule has 0 saturated heterocycles. The molecule has 0 aromatic rings. The molecule has 5 aliphatic rings. The molecule has 0 amide bonds. The number of esters is 1. The Morgan fingerprint density at radius 1 is 1.00 bits per heavy atom. The summed E-state index contributed by atoms with van der Waals surface area (Å²) in [7, 11) is 0. The molecule has 0 bridgehead atoms. The number of carbonyl (C=O) groups excluding carboxylic acids is 1. The van der Waals surface area contributed by atoms with Crippen LogP contribution in [0.2, 0.25) is 0 Å². The number of fused-ring (bicyclic) bond motifs is 5. The van der Waals surface area contributed by atoms with E-state index in [1.165, 1.54) is 32.1 Å². The van der Waals surface area contributed by atoms with Gasteiger partial charge in [-0.3, -0.25) is 4.79 Å². The minimum Gasteiger partial charge on any atom is -0.462 e. The number of hydrogen-bond acceptors (Lipinski definition) is 5. The van der Waals surface area contributed by atoms with Gasteiger partial charge in [0.15, 0.2) is 0 Å². The fourth-order valence-corrected chi connectivity index (χ4v) is 9.72. The van der Waals surface area contributed by atoms with Crippen LogP contribution in [0.5, 0.6) is 0 Å². The van der Waals surface area contributed by atoms with Crippen LogP contribution in [-0.2, 0) is 14.3 Å². The quantitative estimate of drug-likeness (QED) is 0.586. The van der Waals surface area contributed by atoms with Gasteiger partial charge in [-0.25, -0.2) is 0 Å². The van der Waals surface area contributed by atoms with E-state index in [2.05, 4.69) is 13.8 Å². The van der Waals surface area contributed by atoms with Crippen molar-refractivity contribution in [3.8, 4) is 0 Å². The lowest BCUT2D eigenvalue weighted by Crippen LogP contribution is -2.63. The molecule has 5 saturated carbocycles. The van der Waals surface area contributed by atoms with Crippen molar-refractivity contribution in [2.24, 2.45) is 46.2 Å². The topological polar surface area (TPSA) is 81.8 Å². The molecule has 5 aliphatic carbocycles. The summed E-state index contributed by atoms with van der Waals surface area (Å²) in [5.74, 6) is 2.18. The highest BCUT2D eigenvalue weighted by atomic mass is 16.5. The first-order valence-electron chi connectivity index (χ1n) is 14.0. The molecule has 5 heteroatoms. The fraction of sp³-hybridized carbons (Fsp3) is 0.964. The molecule has 188 valence electrons. The zero-order valence-electron chi connectivity index (χ0n) is 21.1. The van der Waals surface area contributed by atoms with Gasteiger partial charge >= 0.3 is 5.97 Å². The summed E-state index contributed by atoms with van der Waals surface area (Å²) in [6, 6.07) is 0.102. The van der Waals surface area contributed by atoms with E-state index in [0.29, 0.717) is 30.3 Å². The van der Waals surface area contributed by atoms with Gasteiger partial charge in [0.2, 0.25) is 0 Å². The SMILES string of the molecule is CCO[C@H]1C[C@@]2(C)[C@@H](CC[C@@H]3[C@@H]2[C@H](N)C[C@]2(C)[C@@H](C(=O)OC4CCCCC4)CC[C@@H]32)C[C@@H]1O. The first kappa shape index (κ1) is 24.1. The minimum atomic E-state index is -0.352. The second kappa shape index (κ2) is 9.09. The van der Waals surface area contributed by atoms with Crippen LogP contribution in [0.3, 0.4) is 0 Å². The van der Waals surface area contributed by atoms with Gasteiger partial charge in [0.1, 0.15) is 6.10 Å². The van der Waals surface area contributed by atoms with Gasteiger partial charge < -0.3 is 20.3 Å². The lowest BCUT2D eigenvalue weighted by molar-refractivity contribution is -0.181. The Labute approximate surface area is 200 Å². The number of rotatable bonds is 4. The third-order valence-electron chi connectivity index (χ3n) is 11.2. The summed E-state index contributed by atoms with van der Waals surface area (Å²) in [5, 5.41) is 10.7. The zero-order chi connectivity index (χ0) is 23.4. The van der Waals surface area contributed by atoms with Crippen LogP contribution in [0.4, 0.5) is 0 Å². The van der Waals surface area contributed by atoms with Crippen molar-refractivity contribution in [1.82, 2.24) is 0 Å². The Morgan fingerprint density at radius 2 is 1.76 bits per heavy atom. The number of nitrogens with two attached hydrogens (primary N) is 1. The van der Waals surface area contributed by atoms with E-state index >= 15 is 0 Å². The predicted octanol–water partition coefficient (Wildman–Crippen LogP) is 4.83. The van der Waals surface area contributed by atoms with Crippen molar-refractivity contribution >= 4 is 5.97 Å². The van der Waals surface area contributed by atoms with Crippen molar-refractivity contribution in [1.29, 1.82) is 0 Å². The lowest BCUT2D eigenvalue weighted by Gasteiger charge is -2.63. The third kappa shape index (κ3) is 3.98. The van der Waals surface area contributed by atoms with E-state index in [1.54, 1.807) is 0 Å². The molecule has 33 heavy (non-hydrogen) atoms. The number of aliphatic hydroxyl groups is 1. The highest BCUT2D eigenvalue weighted by Gasteiger charge is 2.64. The maximum Gasteiger partial charge on any atom is 0.309 e. The Balaban J connectivity index is 1.35. The standard InChI is InChI=1S/C28H47NO4/c1-4-32-24-16-27(2)17(14-23(24)30)10-11-19-20-12-13-21(28(20,3)15-22(29)25(19)27)26(31)33-18-8-6-5-7-9-18/h17-25,30H,4-16,29H2,1-3H3/t17-,19-,20-,21+,22+,23-,24-,25+,27-,28-/m0/s1. The minimum absolute atomic E-state index is 0.00584. The molecular weight excluding hydrogens is 414 g/mol. The summed E-state index contributed by atoms with van der Waals surface area (Å²) in [6.07, 6.45) is 12.6. The van der Waals surface area contributed by atoms with Gasteiger partial charge in [-0.1, -0.05) is 20.3 Å². The Kier molecular flexibility index (Phi) is 6.63. The van der Waals surface area contributed by atoms with Gasteiger partial charge in [-0.05, 0) is 112 Å². The zero-order valence-corrected chi connectivity index (χ0v) is 21.1. The number of aliphatic hydroxyl groups excluding tert-OH is 1. The van der Waals surface area contributed by atoms with Crippen LogP contribution in [0.1, 0.15) is 97.8 Å². The highest BCUT2D eigenvalue weighted by Crippen LogP contribution is 2.67. The molecule has 10 atom stereocenters. The molecule has 5 rings (SSSR count). The molecule has 3 N–H and O–H groups in total. The van der Waals surface area contributed by atoms with E-state index in [0.717, 1.165) is 44.9 Å². The molecule has 5 fully saturated rings. The normalized spacial score (nSPS) is 50.2. The van der Waals surface area contributed by atoms with Crippen molar-refractivity contribution in [2.45, 2.75) is 122 Å². The van der Waals surface area contributed by atoms with Crippen molar-refractivity contribution < 1.29 is 19.4 Å². The van der Waals surface area contributed by atoms with Crippen molar-refractivity contribution in [3.63, 3.8) is 0 Å². The molecule has 0 heterocycles. The van der Waals surface area contributed by atoms with Gasteiger partial charge in [0, 0.05) is 12.6 Å². The maximum atomic E-state index is 13.4. The second-order valence-corrected chi connectivity index (χ2v) is 12.8. The first-order chi connectivity index (χ1) is 15.8. The van der Waals surface area contributed by atoms with Gasteiger partial charge in [0.25, 0.3) is 0 Å². The largest absolute Gasteiger partial charge is 0.462 e. The van der Waals surface area contributed by atoms with Gasteiger partial charge in [-0.2, -0.15) is 0 Å². The molecule has 0 radical (unpaired) electrons. The highest BCUT2D eigenvalue weighted by molar-refractivity contribution is 5.74. The van der Waals surface area contributed by atoms with E-state index < -0.39 is 0 Å². The Hall–Kier alpha value is -0.650. The molecule has 5 nitrogen and oxygen atoms in total. The molecule has 0 aromatic carbocycles. The number of hydrogen-bond donors (Lipinski definition) is 2. The van der Waals surface area contributed by atoms with Gasteiger partial charge in [0.05, 0.1) is 18.1 Å². The van der Waals surface area contributed by atoms with Crippen LogP contribution < -0.4 is 5.73 Å². The Morgan fingerprint density at radius 3 is 2.48 bits per heavy atom. The molecule has 0 aliphatic heterocycles. The van der Waals surface area contributed by atoms with Crippen LogP contribution in [0.25, 0.3) is 0 Å². The van der Waals surface area contributed by atoms with Crippen molar-refractivity contribution in [3.05, 3.63) is 0 Å². The number of ether oxygens (including phenoxy) is 2. The fourth-order valence-electron chi connectivity index (χ4n) is 9.72. The molecule has 0 aromatic heterocycles. The first-order valence-corrected chi connectivity index (χ1v) is 14.0. The Bertz CT molecular complexity index is 723. The number of carbonyl (C=O) groups is 1. The van der Waals surface area contributed by atoms with Crippen LogP contribution in [0.15, 0.2) is 0 Å². The summed E-state index contributed by atoms with van der Waals surface area (Å²) in [4.78, 5) is 13.4. The van der Waals surface area contributed by atoms with Crippen LogP contribution >= 0.6 is 0 Å². The van der Waals surface area contributed by atoms with Crippen molar-refractivity contribution in [2.75, 3.05) is 6.61 Å². The van der Waals surface area contributed by atoms with E-state index in [9.17, 15) is 9.90 Å². The van der Waals surface area contributed by atoms with E-state index in [1.807, 2.05) is 6.92 Å². The smallest absolute Gasteiger partial charge is 0.309 e. The van der Waals surface area contributed by atoms with E-state index in [4.69, 9.17) is 15.2 Å². The molecular formula is C28H47NO4. The maximum absolute atomic E-state index is 13.4. The second-order valence-electron chi connectivity index (χ2n) is 12.8. The summed E-state index contributed by atoms with van der Waals surface area (Å²) in [6.45, 7) is 7.47. The summed E-state index contributed by atoms with van der Waals surface area (Å²) >= 11 is 0. The third-order valence-corrected chi connectivity index (χ3v) is 11.2. The average Bonchev–Trinajstić information content (AvgIpc) is 3.12. The predicted molar refractivity (Wildman–Crippen MR) is 128 cm³/mol. The summed E-state index contributed by atoms with van der Waals surface area (Å²) in [5.41, 5.74) is 7.14.